The summed E-state index contributed by atoms with van der Waals surface area (Å²) in [5.41, 5.74) is 0.722. The molecule has 6 heteroatoms. The monoisotopic (exact) mass is 278 g/mol. The first-order valence-corrected chi connectivity index (χ1v) is 6.76. The third-order valence-electron chi connectivity index (χ3n) is 3.61. The Kier molecular flexibility index (Phi) is 3.75. The molecule has 0 radical (unpaired) electrons. The van der Waals surface area contributed by atoms with E-state index < -0.39 is 0 Å². The SMILES string of the molecule is CC(C(=O)Nc1ccc2c(c1)OCO2)N1CCOCC1. The quantitative estimate of drug-likeness (QED) is 0.896. The number of benzene rings is 1. The van der Waals surface area contributed by atoms with Crippen molar-refractivity contribution in [2.45, 2.75) is 13.0 Å². The van der Waals surface area contributed by atoms with Gasteiger partial charge in [0.15, 0.2) is 11.5 Å². The second-order valence-electron chi connectivity index (χ2n) is 4.88. The van der Waals surface area contributed by atoms with Crippen LogP contribution in [-0.2, 0) is 9.53 Å². The summed E-state index contributed by atoms with van der Waals surface area (Å²) in [4.78, 5) is 14.4. The van der Waals surface area contributed by atoms with Gasteiger partial charge in [0.05, 0.1) is 19.3 Å². The summed E-state index contributed by atoms with van der Waals surface area (Å²) in [5.74, 6) is 1.36. The largest absolute Gasteiger partial charge is 0.454 e. The fourth-order valence-corrected chi connectivity index (χ4v) is 2.35. The molecule has 2 aliphatic heterocycles. The zero-order chi connectivity index (χ0) is 13.9. The minimum atomic E-state index is -0.177. The topological polar surface area (TPSA) is 60.0 Å². The lowest BCUT2D eigenvalue weighted by molar-refractivity contribution is -0.122. The van der Waals surface area contributed by atoms with Gasteiger partial charge < -0.3 is 19.5 Å². The van der Waals surface area contributed by atoms with E-state index in [1.807, 2.05) is 13.0 Å². The smallest absolute Gasteiger partial charge is 0.241 e. The number of fused-ring (bicyclic) bond motifs is 1. The van der Waals surface area contributed by atoms with Crippen LogP contribution >= 0.6 is 0 Å². The maximum atomic E-state index is 12.2. The lowest BCUT2D eigenvalue weighted by Gasteiger charge is -2.31. The molecular formula is C14H18N2O4. The number of hydrogen-bond donors (Lipinski definition) is 1. The van der Waals surface area contributed by atoms with E-state index in [0.717, 1.165) is 18.8 Å². The van der Waals surface area contributed by atoms with Crippen LogP contribution in [0.5, 0.6) is 11.5 Å². The van der Waals surface area contributed by atoms with E-state index in [4.69, 9.17) is 14.2 Å². The van der Waals surface area contributed by atoms with Gasteiger partial charge >= 0.3 is 0 Å². The number of nitrogens with zero attached hydrogens (tertiary/aromatic N) is 1. The van der Waals surface area contributed by atoms with Crippen LogP contribution in [0.25, 0.3) is 0 Å². The second kappa shape index (κ2) is 5.68. The maximum Gasteiger partial charge on any atom is 0.241 e. The third-order valence-corrected chi connectivity index (χ3v) is 3.61. The number of amides is 1. The first-order chi connectivity index (χ1) is 9.74. The van der Waals surface area contributed by atoms with Gasteiger partial charge in [-0.3, -0.25) is 9.69 Å². The molecule has 0 spiro atoms. The second-order valence-corrected chi connectivity index (χ2v) is 4.88. The molecule has 0 aromatic heterocycles. The zero-order valence-electron chi connectivity index (χ0n) is 11.4. The normalized spacial score (nSPS) is 19.6. The van der Waals surface area contributed by atoms with Crippen LogP contribution < -0.4 is 14.8 Å². The van der Waals surface area contributed by atoms with Crippen molar-refractivity contribution in [2.75, 3.05) is 38.4 Å². The van der Waals surface area contributed by atoms with Crippen LogP contribution in [-0.4, -0.2) is 49.9 Å². The van der Waals surface area contributed by atoms with Gasteiger partial charge in [0.25, 0.3) is 0 Å². The highest BCUT2D eigenvalue weighted by Gasteiger charge is 2.23. The van der Waals surface area contributed by atoms with Crippen LogP contribution in [0, 0.1) is 0 Å². The van der Waals surface area contributed by atoms with Gasteiger partial charge in [-0.25, -0.2) is 0 Å². The molecule has 1 fully saturated rings. The summed E-state index contributed by atoms with van der Waals surface area (Å²) < 4.78 is 15.8. The van der Waals surface area contributed by atoms with Gasteiger partial charge in [-0.1, -0.05) is 0 Å². The number of rotatable bonds is 3. The lowest BCUT2D eigenvalue weighted by atomic mass is 10.2. The highest BCUT2D eigenvalue weighted by molar-refractivity contribution is 5.94. The van der Waals surface area contributed by atoms with Crippen LogP contribution in [0.15, 0.2) is 18.2 Å². The molecule has 2 heterocycles. The average molecular weight is 278 g/mol. The predicted molar refractivity (Wildman–Crippen MR) is 73.0 cm³/mol. The van der Waals surface area contributed by atoms with Gasteiger partial charge in [0, 0.05) is 24.8 Å². The number of carbonyl (C=O) groups excluding carboxylic acids is 1. The van der Waals surface area contributed by atoms with Crippen molar-refractivity contribution < 1.29 is 19.0 Å². The fraction of sp³-hybridized carbons (Fsp3) is 0.500. The molecule has 3 rings (SSSR count). The molecular weight excluding hydrogens is 260 g/mol. The lowest BCUT2D eigenvalue weighted by Crippen LogP contribution is -2.47. The van der Waals surface area contributed by atoms with Crippen molar-refractivity contribution >= 4 is 11.6 Å². The van der Waals surface area contributed by atoms with E-state index in [1.54, 1.807) is 12.1 Å². The van der Waals surface area contributed by atoms with Crippen molar-refractivity contribution in [1.29, 1.82) is 0 Å². The maximum absolute atomic E-state index is 12.2. The predicted octanol–water partition coefficient (Wildman–Crippen LogP) is 1.07. The molecule has 1 aromatic carbocycles. The molecule has 1 unspecified atom stereocenters. The Morgan fingerprint density at radius 2 is 2.00 bits per heavy atom. The number of hydrogen-bond acceptors (Lipinski definition) is 5. The summed E-state index contributed by atoms with van der Waals surface area (Å²) in [6, 6.07) is 5.23. The third kappa shape index (κ3) is 2.71. The van der Waals surface area contributed by atoms with E-state index in [0.29, 0.717) is 24.7 Å². The Morgan fingerprint density at radius 1 is 1.25 bits per heavy atom. The summed E-state index contributed by atoms with van der Waals surface area (Å²) in [6.45, 7) is 5.08. The van der Waals surface area contributed by atoms with Crippen LogP contribution in [0.1, 0.15) is 6.92 Å². The number of nitrogens with one attached hydrogen (secondary N) is 1. The number of carbonyl (C=O) groups is 1. The van der Waals surface area contributed by atoms with Crippen LogP contribution in [0.3, 0.4) is 0 Å². The van der Waals surface area contributed by atoms with Crippen molar-refractivity contribution in [3.05, 3.63) is 18.2 Å². The Bertz CT molecular complexity index is 500. The minimum Gasteiger partial charge on any atom is -0.454 e. The van der Waals surface area contributed by atoms with Crippen LogP contribution in [0.4, 0.5) is 5.69 Å². The van der Waals surface area contributed by atoms with Gasteiger partial charge in [0.2, 0.25) is 12.7 Å². The Labute approximate surface area is 117 Å². The summed E-state index contributed by atoms with van der Waals surface area (Å²) >= 11 is 0. The molecule has 0 saturated carbocycles. The minimum absolute atomic E-state index is 0.0224. The molecule has 0 bridgehead atoms. The van der Waals surface area contributed by atoms with E-state index >= 15 is 0 Å². The summed E-state index contributed by atoms with van der Waals surface area (Å²) in [5, 5.41) is 2.91. The van der Waals surface area contributed by atoms with Crippen molar-refractivity contribution in [2.24, 2.45) is 0 Å². The number of ether oxygens (including phenoxy) is 3. The molecule has 1 atom stereocenters. The standard InChI is InChI=1S/C14H18N2O4/c1-10(16-4-6-18-7-5-16)14(17)15-11-2-3-12-13(8-11)20-9-19-12/h2-3,8,10H,4-7,9H2,1H3,(H,15,17). The summed E-state index contributed by atoms with van der Waals surface area (Å²) in [7, 11) is 0. The molecule has 1 saturated heterocycles. The van der Waals surface area contributed by atoms with Crippen molar-refractivity contribution in [3.63, 3.8) is 0 Å². The van der Waals surface area contributed by atoms with E-state index in [1.165, 1.54) is 0 Å². The van der Waals surface area contributed by atoms with E-state index in [9.17, 15) is 4.79 Å². The molecule has 20 heavy (non-hydrogen) atoms. The van der Waals surface area contributed by atoms with E-state index in [2.05, 4.69) is 10.2 Å². The molecule has 1 amide bonds. The van der Waals surface area contributed by atoms with Gasteiger partial charge in [-0.2, -0.15) is 0 Å². The summed E-state index contributed by atoms with van der Waals surface area (Å²) in [6.07, 6.45) is 0. The zero-order valence-corrected chi connectivity index (χ0v) is 11.4. The van der Waals surface area contributed by atoms with Crippen molar-refractivity contribution in [3.8, 4) is 11.5 Å². The highest BCUT2D eigenvalue weighted by Crippen LogP contribution is 2.34. The molecule has 108 valence electrons. The Hall–Kier alpha value is -1.79. The first-order valence-electron chi connectivity index (χ1n) is 6.76. The highest BCUT2D eigenvalue weighted by atomic mass is 16.7. The van der Waals surface area contributed by atoms with Crippen molar-refractivity contribution in [1.82, 2.24) is 4.90 Å². The van der Waals surface area contributed by atoms with Crippen LogP contribution in [0.2, 0.25) is 0 Å². The molecule has 0 aliphatic carbocycles. The fourth-order valence-electron chi connectivity index (χ4n) is 2.35. The molecule has 1 aromatic rings. The average Bonchev–Trinajstić information content (AvgIpc) is 2.95. The molecule has 1 N–H and O–H groups in total. The number of anilines is 1. The van der Waals surface area contributed by atoms with Gasteiger partial charge in [-0.05, 0) is 19.1 Å². The Balaban J connectivity index is 1.63. The molecule has 2 aliphatic rings. The van der Waals surface area contributed by atoms with Gasteiger partial charge in [-0.15, -0.1) is 0 Å². The number of morpholine rings is 1. The molecule has 6 nitrogen and oxygen atoms in total. The van der Waals surface area contributed by atoms with E-state index in [-0.39, 0.29) is 18.7 Å². The first kappa shape index (κ1) is 13.2. The Morgan fingerprint density at radius 3 is 2.80 bits per heavy atom. The van der Waals surface area contributed by atoms with Gasteiger partial charge in [0.1, 0.15) is 0 Å².